The Balaban J connectivity index is 1.85. The van der Waals surface area contributed by atoms with Gasteiger partial charge >= 0.3 is 6.16 Å². The van der Waals surface area contributed by atoms with Crippen molar-refractivity contribution in [2.75, 3.05) is 24.6 Å². The minimum absolute atomic E-state index is 0.295. The van der Waals surface area contributed by atoms with E-state index in [-0.39, 0.29) is 0 Å². The molecule has 0 aliphatic carbocycles. The number of aryl methyl sites for hydroxylation is 1. The highest BCUT2D eigenvalue weighted by Crippen LogP contribution is 2.16. The second kappa shape index (κ2) is 9.60. The lowest BCUT2D eigenvalue weighted by Crippen LogP contribution is -2.29. The van der Waals surface area contributed by atoms with Crippen LogP contribution in [0.1, 0.15) is 25.3 Å². The fourth-order valence-corrected chi connectivity index (χ4v) is 2.40. The number of hydrogen-bond acceptors (Lipinski definition) is 4. The Bertz CT molecular complexity index is 628. The standard InChI is InChI=1S/C20H25NO3/c1-3-4-13-21(18-10-8-9-17(2)16-18)14-15-23-20(22)24-19-11-6-5-7-12-19/h5-12,16H,3-4,13-15H2,1-2H3. The molecule has 0 aliphatic heterocycles. The summed E-state index contributed by atoms with van der Waals surface area (Å²) in [5.41, 5.74) is 2.38. The fraction of sp³-hybridized carbons (Fsp3) is 0.350. The summed E-state index contributed by atoms with van der Waals surface area (Å²) >= 11 is 0. The third-order valence-electron chi connectivity index (χ3n) is 3.67. The molecule has 0 N–H and O–H groups in total. The van der Waals surface area contributed by atoms with Gasteiger partial charge in [-0.05, 0) is 43.2 Å². The summed E-state index contributed by atoms with van der Waals surface area (Å²) < 4.78 is 10.3. The van der Waals surface area contributed by atoms with Gasteiger partial charge in [-0.2, -0.15) is 0 Å². The largest absolute Gasteiger partial charge is 0.513 e. The number of carbonyl (C=O) groups is 1. The first-order chi connectivity index (χ1) is 11.7. The molecule has 0 aliphatic rings. The molecule has 0 saturated heterocycles. The van der Waals surface area contributed by atoms with Crippen LogP contribution in [0, 0.1) is 6.92 Å². The molecule has 2 aromatic rings. The molecule has 0 radical (unpaired) electrons. The SMILES string of the molecule is CCCCN(CCOC(=O)Oc1ccccc1)c1cccc(C)c1. The molecule has 0 heterocycles. The van der Waals surface area contributed by atoms with Gasteiger partial charge in [0.2, 0.25) is 0 Å². The fourth-order valence-electron chi connectivity index (χ4n) is 2.40. The molecule has 4 nitrogen and oxygen atoms in total. The Morgan fingerprint density at radius 2 is 1.83 bits per heavy atom. The highest BCUT2D eigenvalue weighted by atomic mass is 16.7. The van der Waals surface area contributed by atoms with E-state index in [0.29, 0.717) is 18.9 Å². The maximum absolute atomic E-state index is 11.7. The number of nitrogens with zero attached hydrogens (tertiary/aromatic N) is 1. The van der Waals surface area contributed by atoms with Crippen molar-refractivity contribution >= 4 is 11.8 Å². The van der Waals surface area contributed by atoms with Gasteiger partial charge < -0.3 is 14.4 Å². The number of anilines is 1. The molecule has 0 saturated carbocycles. The van der Waals surface area contributed by atoms with Crippen LogP contribution in [0.25, 0.3) is 0 Å². The monoisotopic (exact) mass is 327 g/mol. The van der Waals surface area contributed by atoms with Crippen molar-refractivity contribution in [2.45, 2.75) is 26.7 Å². The van der Waals surface area contributed by atoms with Crippen molar-refractivity contribution in [2.24, 2.45) is 0 Å². The number of carbonyl (C=O) groups excluding carboxylic acids is 1. The number of benzene rings is 2. The lowest BCUT2D eigenvalue weighted by Gasteiger charge is -2.24. The second-order valence-corrected chi connectivity index (χ2v) is 5.69. The lowest BCUT2D eigenvalue weighted by molar-refractivity contribution is 0.101. The van der Waals surface area contributed by atoms with Crippen molar-refractivity contribution in [3.05, 3.63) is 60.2 Å². The van der Waals surface area contributed by atoms with E-state index in [9.17, 15) is 4.79 Å². The molecule has 0 unspecified atom stereocenters. The smallest absolute Gasteiger partial charge is 0.432 e. The summed E-state index contributed by atoms with van der Waals surface area (Å²) in [5.74, 6) is 0.490. The Kier molecular flexibility index (Phi) is 7.15. The summed E-state index contributed by atoms with van der Waals surface area (Å²) in [6, 6.07) is 17.3. The van der Waals surface area contributed by atoms with Crippen LogP contribution in [-0.2, 0) is 4.74 Å². The molecule has 2 rings (SSSR count). The van der Waals surface area contributed by atoms with Crippen LogP contribution in [-0.4, -0.2) is 25.9 Å². The third kappa shape index (κ3) is 5.95. The van der Waals surface area contributed by atoms with Crippen LogP contribution < -0.4 is 9.64 Å². The topological polar surface area (TPSA) is 38.8 Å². The highest BCUT2D eigenvalue weighted by Gasteiger charge is 2.10. The van der Waals surface area contributed by atoms with Crippen LogP contribution in [0.4, 0.5) is 10.5 Å². The Morgan fingerprint density at radius 1 is 1.04 bits per heavy atom. The summed E-state index contributed by atoms with van der Waals surface area (Å²) in [6.07, 6.45) is 1.56. The van der Waals surface area contributed by atoms with E-state index in [0.717, 1.165) is 25.1 Å². The lowest BCUT2D eigenvalue weighted by atomic mass is 10.2. The molecule has 0 spiro atoms. The van der Waals surface area contributed by atoms with E-state index in [4.69, 9.17) is 9.47 Å². The van der Waals surface area contributed by atoms with Gasteiger partial charge in [0.15, 0.2) is 0 Å². The zero-order valence-electron chi connectivity index (χ0n) is 14.4. The molecule has 0 atom stereocenters. The van der Waals surface area contributed by atoms with Crippen molar-refractivity contribution in [3.8, 4) is 5.75 Å². The number of hydrogen-bond donors (Lipinski definition) is 0. The van der Waals surface area contributed by atoms with Gasteiger partial charge in [0, 0.05) is 12.2 Å². The van der Waals surface area contributed by atoms with Crippen LogP contribution >= 0.6 is 0 Å². The molecular formula is C20H25NO3. The predicted molar refractivity (Wildman–Crippen MR) is 96.7 cm³/mol. The Hall–Kier alpha value is -2.49. The Labute approximate surface area is 144 Å². The Morgan fingerprint density at radius 3 is 2.54 bits per heavy atom. The first-order valence-corrected chi connectivity index (χ1v) is 8.40. The van der Waals surface area contributed by atoms with E-state index in [1.807, 2.05) is 24.3 Å². The van der Waals surface area contributed by atoms with Crippen molar-refractivity contribution in [3.63, 3.8) is 0 Å². The van der Waals surface area contributed by atoms with E-state index in [1.165, 1.54) is 5.56 Å². The number of rotatable bonds is 8. The van der Waals surface area contributed by atoms with Crippen LogP contribution in [0.5, 0.6) is 5.75 Å². The predicted octanol–water partition coefficient (Wildman–Crippen LogP) is 4.82. The third-order valence-corrected chi connectivity index (χ3v) is 3.67. The normalized spacial score (nSPS) is 10.2. The second-order valence-electron chi connectivity index (χ2n) is 5.69. The van der Waals surface area contributed by atoms with Gasteiger partial charge in [-0.1, -0.05) is 43.7 Å². The van der Waals surface area contributed by atoms with Gasteiger partial charge in [0.1, 0.15) is 12.4 Å². The summed E-state index contributed by atoms with van der Waals surface area (Å²) in [6.45, 7) is 6.13. The van der Waals surface area contributed by atoms with Gasteiger partial charge in [-0.25, -0.2) is 4.79 Å². The zero-order valence-corrected chi connectivity index (χ0v) is 14.4. The maximum Gasteiger partial charge on any atom is 0.513 e. The summed E-state index contributed by atoms with van der Waals surface area (Å²) in [7, 11) is 0. The molecule has 2 aromatic carbocycles. The molecule has 0 fully saturated rings. The first kappa shape index (κ1) is 17.9. The van der Waals surface area contributed by atoms with E-state index >= 15 is 0 Å². The van der Waals surface area contributed by atoms with Crippen molar-refractivity contribution < 1.29 is 14.3 Å². The van der Waals surface area contributed by atoms with Crippen LogP contribution in [0.2, 0.25) is 0 Å². The van der Waals surface area contributed by atoms with Gasteiger partial charge in [-0.3, -0.25) is 0 Å². The van der Waals surface area contributed by atoms with Gasteiger partial charge in [-0.15, -0.1) is 0 Å². The quantitative estimate of drug-likeness (QED) is 0.515. The minimum Gasteiger partial charge on any atom is -0.432 e. The van der Waals surface area contributed by atoms with E-state index in [2.05, 4.69) is 36.9 Å². The van der Waals surface area contributed by atoms with Crippen molar-refractivity contribution in [1.29, 1.82) is 0 Å². The summed E-state index contributed by atoms with van der Waals surface area (Å²) in [5, 5.41) is 0. The van der Waals surface area contributed by atoms with Gasteiger partial charge in [0.05, 0.1) is 6.54 Å². The molecule has 128 valence electrons. The molecule has 24 heavy (non-hydrogen) atoms. The highest BCUT2D eigenvalue weighted by molar-refractivity contribution is 5.63. The average Bonchev–Trinajstić information content (AvgIpc) is 2.59. The molecule has 0 amide bonds. The molecule has 4 heteroatoms. The average molecular weight is 327 g/mol. The van der Waals surface area contributed by atoms with E-state index in [1.54, 1.807) is 12.1 Å². The summed E-state index contributed by atoms with van der Waals surface area (Å²) in [4.78, 5) is 14.0. The van der Waals surface area contributed by atoms with E-state index < -0.39 is 6.16 Å². The zero-order chi connectivity index (χ0) is 17.2. The van der Waals surface area contributed by atoms with Gasteiger partial charge in [0.25, 0.3) is 0 Å². The molecule has 0 aromatic heterocycles. The number of unbranched alkanes of at least 4 members (excludes halogenated alkanes) is 1. The van der Waals surface area contributed by atoms with Crippen molar-refractivity contribution in [1.82, 2.24) is 0 Å². The first-order valence-electron chi connectivity index (χ1n) is 8.40. The number of ether oxygens (including phenoxy) is 2. The molecular weight excluding hydrogens is 302 g/mol. The van der Waals surface area contributed by atoms with Crippen LogP contribution in [0.15, 0.2) is 54.6 Å². The van der Waals surface area contributed by atoms with Crippen LogP contribution in [0.3, 0.4) is 0 Å². The maximum atomic E-state index is 11.7. The number of para-hydroxylation sites is 1. The molecule has 0 bridgehead atoms. The minimum atomic E-state index is -0.666.